The number of methoxy groups -OCH3 is 1. The van der Waals surface area contributed by atoms with Crippen LogP contribution in [-0.2, 0) is 4.74 Å². The first kappa shape index (κ1) is 13.0. The lowest BCUT2D eigenvalue weighted by atomic mass is 9.69. The Morgan fingerprint density at radius 1 is 1.27 bits per heavy atom. The van der Waals surface area contributed by atoms with Gasteiger partial charge in [-0.2, -0.15) is 0 Å². The average Bonchev–Trinajstić information content (AvgIpc) is 2.19. The molecule has 0 aromatic heterocycles. The van der Waals surface area contributed by atoms with Gasteiger partial charge in [0.1, 0.15) is 0 Å². The average molecular weight is 212 g/mol. The maximum atomic E-state index is 5.91. The van der Waals surface area contributed by atoms with E-state index in [2.05, 4.69) is 27.7 Å². The molecule has 0 radical (unpaired) electrons. The summed E-state index contributed by atoms with van der Waals surface area (Å²) in [6.07, 6.45) is 6.52. The van der Waals surface area contributed by atoms with Crippen LogP contribution in [0, 0.1) is 17.8 Å². The molecule has 0 saturated heterocycles. The van der Waals surface area contributed by atoms with Gasteiger partial charge < -0.3 is 4.74 Å². The smallest absolute Gasteiger partial charge is 0.0706 e. The van der Waals surface area contributed by atoms with Crippen LogP contribution in [0.25, 0.3) is 0 Å². The van der Waals surface area contributed by atoms with Crippen LogP contribution >= 0.6 is 0 Å². The molecule has 1 fully saturated rings. The van der Waals surface area contributed by atoms with Crippen molar-refractivity contribution in [2.24, 2.45) is 17.8 Å². The van der Waals surface area contributed by atoms with E-state index < -0.39 is 0 Å². The van der Waals surface area contributed by atoms with Gasteiger partial charge in [0.2, 0.25) is 0 Å². The van der Waals surface area contributed by atoms with Crippen molar-refractivity contribution in [3.8, 4) is 0 Å². The summed E-state index contributed by atoms with van der Waals surface area (Å²) in [5.41, 5.74) is 0.182. The van der Waals surface area contributed by atoms with Gasteiger partial charge in [0.05, 0.1) is 5.60 Å². The molecule has 1 saturated carbocycles. The van der Waals surface area contributed by atoms with E-state index in [1.54, 1.807) is 0 Å². The first-order valence-electron chi connectivity index (χ1n) is 6.55. The maximum Gasteiger partial charge on any atom is 0.0706 e. The lowest BCUT2D eigenvalue weighted by Crippen LogP contribution is -2.43. The van der Waals surface area contributed by atoms with E-state index in [1.807, 2.05) is 7.11 Å². The van der Waals surface area contributed by atoms with Crippen molar-refractivity contribution in [2.45, 2.75) is 65.4 Å². The summed E-state index contributed by atoms with van der Waals surface area (Å²) in [6.45, 7) is 9.35. The second kappa shape index (κ2) is 5.34. The topological polar surface area (TPSA) is 9.23 Å². The van der Waals surface area contributed by atoms with E-state index in [-0.39, 0.29) is 5.60 Å². The number of hydrogen-bond donors (Lipinski definition) is 0. The Labute approximate surface area is 95.6 Å². The lowest BCUT2D eigenvalue weighted by molar-refractivity contribution is -0.0978. The summed E-state index contributed by atoms with van der Waals surface area (Å²) in [5.74, 6) is 2.37. The molecule has 15 heavy (non-hydrogen) atoms. The van der Waals surface area contributed by atoms with Gasteiger partial charge in [-0.25, -0.2) is 0 Å². The minimum Gasteiger partial charge on any atom is -0.378 e. The Morgan fingerprint density at radius 3 is 2.47 bits per heavy atom. The van der Waals surface area contributed by atoms with Gasteiger partial charge in [0, 0.05) is 7.11 Å². The molecule has 1 aliphatic rings. The highest BCUT2D eigenvalue weighted by molar-refractivity contribution is 4.91. The van der Waals surface area contributed by atoms with Gasteiger partial charge in [0.15, 0.2) is 0 Å². The summed E-state index contributed by atoms with van der Waals surface area (Å²) in [4.78, 5) is 0. The molecule has 0 spiro atoms. The van der Waals surface area contributed by atoms with Crippen LogP contribution in [0.1, 0.15) is 59.8 Å². The molecule has 0 N–H and O–H groups in total. The number of rotatable bonds is 4. The second-order valence-electron chi connectivity index (χ2n) is 5.99. The molecule has 1 heteroatoms. The molecular formula is C14H28O. The summed E-state index contributed by atoms with van der Waals surface area (Å²) >= 11 is 0. The minimum absolute atomic E-state index is 0.182. The summed E-state index contributed by atoms with van der Waals surface area (Å²) in [6, 6.07) is 0. The number of hydrogen-bond acceptors (Lipinski definition) is 1. The highest BCUT2D eigenvalue weighted by Crippen LogP contribution is 2.42. The summed E-state index contributed by atoms with van der Waals surface area (Å²) in [7, 11) is 1.91. The lowest BCUT2D eigenvalue weighted by Gasteiger charge is -2.44. The molecule has 90 valence electrons. The standard InChI is InChI=1S/C14H28O/c1-11(2)8-9-14(15-5)10-12(3)6-7-13(14)4/h11-13H,6-10H2,1-5H3/t12?,13-,14-/m1/s1. The van der Waals surface area contributed by atoms with Crippen molar-refractivity contribution in [1.29, 1.82) is 0 Å². The van der Waals surface area contributed by atoms with E-state index in [9.17, 15) is 0 Å². The Bertz CT molecular complexity index is 188. The van der Waals surface area contributed by atoms with Crippen molar-refractivity contribution in [1.82, 2.24) is 0 Å². The SMILES string of the molecule is CO[C@]1(CCC(C)C)CC(C)CC[C@H]1C. The molecule has 1 nitrogen and oxygen atoms in total. The molecule has 3 atom stereocenters. The fourth-order valence-electron chi connectivity index (χ4n) is 2.96. The molecule has 0 aromatic carbocycles. The van der Waals surface area contributed by atoms with Crippen LogP contribution in [0.5, 0.6) is 0 Å². The molecule has 0 bridgehead atoms. The van der Waals surface area contributed by atoms with Gasteiger partial charge in [-0.05, 0) is 43.4 Å². The van der Waals surface area contributed by atoms with Gasteiger partial charge in [-0.1, -0.05) is 34.1 Å². The quantitative estimate of drug-likeness (QED) is 0.676. The van der Waals surface area contributed by atoms with Crippen LogP contribution in [0.4, 0.5) is 0 Å². The Balaban J connectivity index is 2.62. The number of ether oxygens (including phenoxy) is 1. The molecule has 0 heterocycles. The van der Waals surface area contributed by atoms with Crippen LogP contribution in [-0.4, -0.2) is 12.7 Å². The minimum atomic E-state index is 0.182. The molecular weight excluding hydrogens is 184 g/mol. The van der Waals surface area contributed by atoms with E-state index in [0.717, 1.165) is 17.8 Å². The highest BCUT2D eigenvalue weighted by Gasteiger charge is 2.40. The van der Waals surface area contributed by atoms with E-state index in [1.165, 1.54) is 32.1 Å². The predicted octanol–water partition coefficient (Wildman–Crippen LogP) is 4.26. The van der Waals surface area contributed by atoms with Gasteiger partial charge in [-0.3, -0.25) is 0 Å². The first-order valence-corrected chi connectivity index (χ1v) is 6.55. The fraction of sp³-hybridized carbons (Fsp3) is 1.00. The normalized spacial score (nSPS) is 37.2. The van der Waals surface area contributed by atoms with Crippen molar-refractivity contribution in [3.05, 3.63) is 0 Å². The fourth-order valence-corrected chi connectivity index (χ4v) is 2.96. The molecule has 1 unspecified atom stereocenters. The van der Waals surface area contributed by atoms with Crippen LogP contribution < -0.4 is 0 Å². The summed E-state index contributed by atoms with van der Waals surface area (Å²) in [5, 5.41) is 0. The van der Waals surface area contributed by atoms with Gasteiger partial charge in [-0.15, -0.1) is 0 Å². The Hall–Kier alpha value is -0.0400. The van der Waals surface area contributed by atoms with Gasteiger partial charge >= 0.3 is 0 Å². The monoisotopic (exact) mass is 212 g/mol. The third-order valence-electron chi connectivity index (χ3n) is 4.24. The van der Waals surface area contributed by atoms with E-state index in [4.69, 9.17) is 4.74 Å². The van der Waals surface area contributed by atoms with Crippen LogP contribution in [0.2, 0.25) is 0 Å². The molecule has 0 aromatic rings. The van der Waals surface area contributed by atoms with Crippen LogP contribution in [0.3, 0.4) is 0 Å². The van der Waals surface area contributed by atoms with Gasteiger partial charge in [0.25, 0.3) is 0 Å². The Kier molecular flexibility index (Phi) is 4.64. The summed E-state index contributed by atoms with van der Waals surface area (Å²) < 4.78 is 5.91. The van der Waals surface area contributed by atoms with Crippen molar-refractivity contribution >= 4 is 0 Å². The second-order valence-corrected chi connectivity index (χ2v) is 5.99. The largest absolute Gasteiger partial charge is 0.378 e. The van der Waals surface area contributed by atoms with Crippen molar-refractivity contribution < 1.29 is 4.74 Å². The predicted molar refractivity (Wildman–Crippen MR) is 66.0 cm³/mol. The first-order chi connectivity index (χ1) is 7.00. The Morgan fingerprint density at radius 2 is 1.93 bits per heavy atom. The maximum absolute atomic E-state index is 5.91. The molecule has 1 rings (SSSR count). The third-order valence-corrected chi connectivity index (χ3v) is 4.24. The van der Waals surface area contributed by atoms with Crippen LogP contribution in [0.15, 0.2) is 0 Å². The zero-order chi connectivity index (χ0) is 11.5. The third kappa shape index (κ3) is 3.21. The van der Waals surface area contributed by atoms with Crippen molar-refractivity contribution in [2.75, 3.05) is 7.11 Å². The van der Waals surface area contributed by atoms with E-state index in [0.29, 0.717) is 0 Å². The zero-order valence-electron chi connectivity index (χ0n) is 11.2. The van der Waals surface area contributed by atoms with Crippen molar-refractivity contribution in [3.63, 3.8) is 0 Å². The molecule has 1 aliphatic carbocycles. The highest BCUT2D eigenvalue weighted by atomic mass is 16.5. The zero-order valence-corrected chi connectivity index (χ0v) is 11.2. The van der Waals surface area contributed by atoms with E-state index >= 15 is 0 Å². The molecule has 0 amide bonds. The molecule has 0 aliphatic heterocycles.